The van der Waals surface area contributed by atoms with Crippen LogP contribution in [-0.2, 0) is 4.79 Å². The van der Waals surface area contributed by atoms with Crippen molar-refractivity contribution < 1.29 is 9.90 Å². The number of anilines is 1. The van der Waals surface area contributed by atoms with Gasteiger partial charge in [-0.2, -0.15) is 0 Å². The Kier molecular flexibility index (Phi) is 38.6. The fourth-order valence-corrected chi connectivity index (χ4v) is 12.3. The minimum Gasteiger partial charge on any atom is -0.506 e. The average molecular weight is 1000 g/mol. The predicted octanol–water partition coefficient (Wildman–Crippen LogP) is 21.4. The maximum absolute atomic E-state index is 13.4. The summed E-state index contributed by atoms with van der Waals surface area (Å²) in [5, 5.41) is 12.8. The van der Waals surface area contributed by atoms with E-state index in [1.54, 1.807) is 0 Å². The predicted molar refractivity (Wildman–Crippen MR) is 316 cm³/mol. The van der Waals surface area contributed by atoms with Gasteiger partial charge < -0.3 is 10.0 Å². The Balaban J connectivity index is 1.51. The zero-order valence-electron chi connectivity index (χ0n) is 46.4. The highest BCUT2D eigenvalue weighted by atomic mass is 32.2. The van der Waals surface area contributed by atoms with Crippen LogP contribution in [-0.4, -0.2) is 47.3 Å². The second-order valence-corrected chi connectivity index (χ2v) is 23.7. The molecule has 1 atom stereocenters. The second kappa shape index (κ2) is 43.4. The number of hydrogen-bond donors (Lipinski definition) is 1. The molecule has 70 heavy (non-hydrogen) atoms. The largest absolute Gasteiger partial charge is 0.506 e. The smallest absolute Gasteiger partial charge is 0.200 e. The van der Waals surface area contributed by atoms with E-state index in [-0.39, 0.29) is 11.5 Å². The molecule has 0 spiro atoms. The van der Waals surface area contributed by atoms with Crippen molar-refractivity contribution in [2.45, 2.75) is 290 Å². The molecule has 2 heterocycles. The van der Waals surface area contributed by atoms with Crippen LogP contribution in [0.1, 0.15) is 289 Å². The maximum Gasteiger partial charge on any atom is 0.200 e. The van der Waals surface area contributed by atoms with Crippen molar-refractivity contribution in [3.63, 3.8) is 0 Å². The standard InChI is InChI=1S/C64H110N2O2S2/c1-5-9-13-17-21-25-29-33-37-41-53-65(54-42-38-34-30-26-22-18-14-10-6-2)61-51-47-57(69-61)45-49-59-63(67)60(64(59)68)50-46-58-48-52-62(70-58)66(55-43-39-35-31-27-23-19-15-11-7-3)56-44-40-36-32-28-24-20-16-12-8-4/h45-52,61,67H,5-44,53-56H2,1-4H3/b50-46+,57-45-,59-49+. The van der Waals surface area contributed by atoms with Crippen LogP contribution in [0.2, 0.25) is 0 Å². The van der Waals surface area contributed by atoms with Crippen LogP contribution in [0.15, 0.2) is 64.3 Å². The van der Waals surface area contributed by atoms with Crippen LogP contribution >= 0.6 is 23.1 Å². The number of carbonyl (C=O) groups excluding carboxylic acids is 1. The minimum absolute atomic E-state index is 0.0574. The van der Waals surface area contributed by atoms with Gasteiger partial charge in [0.05, 0.1) is 21.5 Å². The Morgan fingerprint density at radius 1 is 0.471 bits per heavy atom. The number of aliphatic hydroxyl groups excluding tert-OH is 1. The van der Waals surface area contributed by atoms with Gasteiger partial charge in [-0.3, -0.25) is 9.69 Å². The molecule has 1 N–H and O–H groups in total. The first-order valence-corrected chi connectivity index (χ1v) is 32.2. The van der Waals surface area contributed by atoms with Crippen LogP contribution in [0.3, 0.4) is 0 Å². The minimum atomic E-state index is -0.0574. The van der Waals surface area contributed by atoms with E-state index < -0.39 is 0 Å². The van der Waals surface area contributed by atoms with Crippen molar-refractivity contribution in [3.05, 3.63) is 69.2 Å². The first-order valence-electron chi connectivity index (χ1n) is 30.5. The summed E-state index contributed by atoms with van der Waals surface area (Å²) in [5.41, 5.74) is 0.863. The summed E-state index contributed by atoms with van der Waals surface area (Å²) in [5.74, 6) is 0.0727. The quantitative estimate of drug-likeness (QED) is 0.0520. The van der Waals surface area contributed by atoms with Gasteiger partial charge in [0.25, 0.3) is 0 Å². The monoisotopic (exact) mass is 1000 g/mol. The highest BCUT2D eigenvalue weighted by Crippen LogP contribution is 2.36. The Morgan fingerprint density at radius 2 is 0.843 bits per heavy atom. The van der Waals surface area contributed by atoms with Crippen molar-refractivity contribution in [1.82, 2.24) is 4.90 Å². The third-order valence-corrected chi connectivity index (χ3v) is 17.3. The lowest BCUT2D eigenvalue weighted by Crippen LogP contribution is -2.32. The van der Waals surface area contributed by atoms with E-state index in [0.29, 0.717) is 16.5 Å². The highest BCUT2D eigenvalue weighted by Gasteiger charge is 2.31. The molecule has 1 unspecified atom stereocenters. The molecule has 0 bridgehead atoms. The highest BCUT2D eigenvalue weighted by molar-refractivity contribution is 8.04. The summed E-state index contributed by atoms with van der Waals surface area (Å²) in [4.78, 5) is 21.0. The van der Waals surface area contributed by atoms with Gasteiger partial charge in [0.1, 0.15) is 5.76 Å². The van der Waals surface area contributed by atoms with E-state index in [9.17, 15) is 9.90 Å². The SMILES string of the molecule is CCCCCCCCCCCCN(CCCCCCCCCCCC)c1ccc(/C=C/C2=C(O)C(=C\C=C3\C=CC(N(CCCCCCCCCCCC)CCCCCCCCCCCC)S3)/C2=O)s1. The fraction of sp³-hybridized carbons (Fsp3) is 0.766. The van der Waals surface area contributed by atoms with Crippen LogP contribution in [0.4, 0.5) is 5.00 Å². The number of allylic oxidation sites excluding steroid dienone is 6. The number of rotatable bonds is 49. The van der Waals surface area contributed by atoms with Crippen molar-refractivity contribution in [3.8, 4) is 0 Å². The Bertz CT molecular complexity index is 1540. The molecule has 6 heteroatoms. The normalized spacial score (nSPS) is 16.1. The summed E-state index contributed by atoms with van der Waals surface area (Å²) >= 11 is 3.72. The van der Waals surface area contributed by atoms with Gasteiger partial charge in [-0.1, -0.05) is 271 Å². The maximum atomic E-state index is 13.4. The molecule has 0 fully saturated rings. The van der Waals surface area contributed by atoms with Gasteiger partial charge in [0, 0.05) is 22.9 Å². The van der Waals surface area contributed by atoms with E-state index in [4.69, 9.17) is 0 Å². The summed E-state index contributed by atoms with van der Waals surface area (Å²) in [7, 11) is 0. The molecule has 0 saturated heterocycles. The molecule has 400 valence electrons. The van der Waals surface area contributed by atoms with E-state index in [1.165, 1.54) is 267 Å². The zero-order valence-corrected chi connectivity index (χ0v) is 48.0. The Morgan fingerprint density at radius 3 is 1.23 bits per heavy atom. The first kappa shape index (κ1) is 62.3. The molecule has 1 aromatic rings. The number of nitrogens with zero attached hydrogens (tertiary/aromatic N) is 2. The number of hydrogen-bond acceptors (Lipinski definition) is 6. The zero-order chi connectivity index (χ0) is 50.0. The van der Waals surface area contributed by atoms with Gasteiger partial charge in [0.15, 0.2) is 0 Å². The number of thiophene rings is 1. The molecule has 0 radical (unpaired) electrons. The molecule has 1 aliphatic heterocycles. The van der Waals surface area contributed by atoms with Crippen molar-refractivity contribution in [2.75, 3.05) is 31.1 Å². The summed E-state index contributed by atoms with van der Waals surface area (Å²) in [6.45, 7) is 13.8. The summed E-state index contributed by atoms with van der Waals surface area (Å²) < 4.78 is 0. The third kappa shape index (κ3) is 29.0. The van der Waals surface area contributed by atoms with Gasteiger partial charge in [0.2, 0.25) is 5.78 Å². The second-order valence-electron chi connectivity index (χ2n) is 21.4. The molecule has 0 amide bonds. The molecule has 0 saturated carbocycles. The topological polar surface area (TPSA) is 43.8 Å². The van der Waals surface area contributed by atoms with Gasteiger partial charge in [-0.05, 0) is 75.2 Å². The Labute approximate surface area is 442 Å². The number of ketones is 1. The number of Topliss-reactive ketones (excluding diaryl/α,β-unsaturated/α-hetero) is 1. The van der Waals surface area contributed by atoms with Crippen LogP contribution in [0.25, 0.3) is 6.08 Å². The van der Waals surface area contributed by atoms with Gasteiger partial charge >= 0.3 is 0 Å². The number of aliphatic hydroxyl groups is 1. The summed E-state index contributed by atoms with van der Waals surface area (Å²) in [6.07, 6.45) is 67.0. The van der Waals surface area contributed by atoms with Crippen molar-refractivity contribution >= 4 is 40.0 Å². The summed E-state index contributed by atoms with van der Waals surface area (Å²) in [6, 6.07) is 4.47. The van der Waals surface area contributed by atoms with E-state index in [0.717, 1.165) is 31.1 Å². The number of carbonyl (C=O) groups is 1. The molecule has 1 aliphatic carbocycles. The lowest BCUT2D eigenvalue weighted by atomic mass is 9.87. The van der Waals surface area contributed by atoms with Crippen molar-refractivity contribution in [1.29, 1.82) is 0 Å². The molecule has 0 aromatic carbocycles. The van der Waals surface area contributed by atoms with Crippen LogP contribution < -0.4 is 4.90 Å². The molecule has 3 rings (SSSR count). The molecular weight excluding hydrogens is 893 g/mol. The van der Waals surface area contributed by atoms with E-state index in [2.05, 4.69) is 61.8 Å². The lowest BCUT2D eigenvalue weighted by molar-refractivity contribution is -0.113. The molecule has 1 aromatic heterocycles. The fourth-order valence-electron chi connectivity index (χ4n) is 10.3. The first-order chi connectivity index (χ1) is 34.5. The molecule has 4 nitrogen and oxygen atoms in total. The number of thioether (sulfide) groups is 1. The third-order valence-electron chi connectivity index (χ3n) is 15.0. The van der Waals surface area contributed by atoms with Crippen molar-refractivity contribution in [2.24, 2.45) is 0 Å². The van der Waals surface area contributed by atoms with E-state index in [1.807, 2.05) is 47.4 Å². The van der Waals surface area contributed by atoms with Crippen LogP contribution in [0.5, 0.6) is 0 Å². The van der Waals surface area contributed by atoms with Gasteiger partial charge in [-0.25, -0.2) is 0 Å². The molecule has 2 aliphatic rings. The molecular formula is C64H110N2O2S2. The lowest BCUT2D eigenvalue weighted by Gasteiger charge is -2.27. The number of unbranched alkanes of at least 4 members (excludes halogenated alkanes) is 36. The average Bonchev–Trinajstić information content (AvgIpc) is 4.05. The van der Waals surface area contributed by atoms with E-state index >= 15 is 0 Å². The van der Waals surface area contributed by atoms with Gasteiger partial charge in [-0.15, -0.1) is 23.1 Å². The van der Waals surface area contributed by atoms with Crippen LogP contribution in [0, 0.1) is 0 Å². The Hall–Kier alpha value is -2.02.